The van der Waals surface area contributed by atoms with Crippen molar-refractivity contribution in [1.82, 2.24) is 0 Å². The number of alkyl halides is 1. The van der Waals surface area contributed by atoms with Crippen molar-refractivity contribution in [3.05, 3.63) is 83.2 Å². The zero-order valence-corrected chi connectivity index (χ0v) is 12.7. The molecule has 0 spiro atoms. The van der Waals surface area contributed by atoms with Gasteiger partial charge in [-0.3, -0.25) is 0 Å². The molecule has 0 heterocycles. The summed E-state index contributed by atoms with van der Waals surface area (Å²) in [5.74, 6) is -0.179. The van der Waals surface area contributed by atoms with Crippen molar-refractivity contribution in [3.8, 4) is 0 Å². The van der Waals surface area contributed by atoms with Gasteiger partial charge in [0, 0.05) is 5.56 Å². The van der Waals surface area contributed by atoms with E-state index in [4.69, 9.17) is 0 Å². The first kappa shape index (κ1) is 13.3. The van der Waals surface area contributed by atoms with Crippen molar-refractivity contribution in [2.24, 2.45) is 0 Å². The third-order valence-electron chi connectivity index (χ3n) is 3.62. The first-order valence-electron chi connectivity index (χ1n) is 6.55. The molecule has 0 nitrogen and oxygen atoms in total. The number of hydrogen-bond acceptors (Lipinski definition) is 0. The Kier molecular flexibility index (Phi) is 3.58. The Balaban J connectivity index is 2.24. The van der Waals surface area contributed by atoms with Gasteiger partial charge in [0.25, 0.3) is 0 Å². The Morgan fingerprint density at radius 1 is 0.900 bits per heavy atom. The van der Waals surface area contributed by atoms with Gasteiger partial charge in [0.05, 0.1) is 4.83 Å². The average Bonchev–Trinajstić information content (AvgIpc) is 2.47. The molecule has 0 radical (unpaired) electrons. The lowest BCUT2D eigenvalue weighted by Gasteiger charge is -2.17. The summed E-state index contributed by atoms with van der Waals surface area (Å²) in [5.41, 5.74) is 2.97. The second-order valence-corrected chi connectivity index (χ2v) is 5.82. The van der Waals surface area contributed by atoms with Gasteiger partial charge in [-0.2, -0.15) is 0 Å². The van der Waals surface area contributed by atoms with E-state index < -0.39 is 0 Å². The maximum Gasteiger partial charge on any atom is 0.127 e. The summed E-state index contributed by atoms with van der Waals surface area (Å²) in [7, 11) is 0. The minimum atomic E-state index is -0.179. The van der Waals surface area contributed by atoms with Crippen LogP contribution in [0.15, 0.2) is 60.7 Å². The lowest BCUT2D eigenvalue weighted by Crippen LogP contribution is -2.00. The number of aryl methyl sites for hydroxylation is 1. The van der Waals surface area contributed by atoms with Crippen LogP contribution in [0.25, 0.3) is 10.8 Å². The van der Waals surface area contributed by atoms with Crippen molar-refractivity contribution in [3.63, 3.8) is 0 Å². The number of halogens is 2. The molecule has 1 unspecified atom stereocenters. The van der Waals surface area contributed by atoms with E-state index >= 15 is 0 Å². The Labute approximate surface area is 126 Å². The number of rotatable bonds is 2. The highest BCUT2D eigenvalue weighted by atomic mass is 79.9. The molecule has 0 aliphatic heterocycles. The van der Waals surface area contributed by atoms with E-state index in [1.54, 1.807) is 6.07 Å². The second-order valence-electron chi connectivity index (χ2n) is 4.90. The highest BCUT2D eigenvalue weighted by Gasteiger charge is 2.18. The van der Waals surface area contributed by atoms with Gasteiger partial charge in [-0.05, 0) is 34.9 Å². The summed E-state index contributed by atoms with van der Waals surface area (Å²) in [6.07, 6.45) is 0. The van der Waals surface area contributed by atoms with Crippen LogP contribution in [-0.4, -0.2) is 0 Å². The predicted molar refractivity (Wildman–Crippen MR) is 85.9 cm³/mol. The topological polar surface area (TPSA) is 0 Å². The molecule has 2 heteroatoms. The third kappa shape index (κ3) is 2.25. The van der Waals surface area contributed by atoms with E-state index in [1.807, 2.05) is 24.3 Å². The average molecular weight is 329 g/mol. The van der Waals surface area contributed by atoms with Crippen LogP contribution in [0.1, 0.15) is 21.5 Å². The first-order valence-corrected chi connectivity index (χ1v) is 7.47. The zero-order chi connectivity index (χ0) is 14.1. The summed E-state index contributed by atoms with van der Waals surface area (Å²) in [4.78, 5) is -0.144. The minimum absolute atomic E-state index is 0.144. The molecule has 0 bridgehead atoms. The van der Waals surface area contributed by atoms with Crippen LogP contribution in [0, 0.1) is 12.7 Å². The molecule has 3 aromatic carbocycles. The molecule has 3 aromatic rings. The van der Waals surface area contributed by atoms with Crippen molar-refractivity contribution >= 4 is 26.7 Å². The molecule has 0 saturated carbocycles. The van der Waals surface area contributed by atoms with Gasteiger partial charge in [-0.15, -0.1) is 0 Å². The Hall–Kier alpha value is -1.67. The predicted octanol–water partition coefficient (Wildman–Crippen LogP) is 5.77. The molecule has 0 N–H and O–H groups in total. The van der Waals surface area contributed by atoms with Crippen LogP contribution in [0.2, 0.25) is 0 Å². The van der Waals surface area contributed by atoms with Gasteiger partial charge in [0.2, 0.25) is 0 Å². The lowest BCUT2D eigenvalue weighted by molar-refractivity contribution is 0.613. The minimum Gasteiger partial charge on any atom is -0.207 e. The number of benzene rings is 3. The summed E-state index contributed by atoms with van der Waals surface area (Å²) in [5, 5.41) is 2.34. The largest absolute Gasteiger partial charge is 0.207 e. The van der Waals surface area contributed by atoms with Crippen molar-refractivity contribution in [2.75, 3.05) is 0 Å². The molecule has 0 amide bonds. The van der Waals surface area contributed by atoms with Gasteiger partial charge in [0.15, 0.2) is 0 Å². The highest BCUT2D eigenvalue weighted by molar-refractivity contribution is 9.09. The number of hydrogen-bond donors (Lipinski definition) is 0. The van der Waals surface area contributed by atoms with Crippen molar-refractivity contribution in [2.45, 2.75) is 11.8 Å². The molecule has 100 valence electrons. The van der Waals surface area contributed by atoms with Gasteiger partial charge in [-0.25, -0.2) is 4.39 Å². The standard InChI is InChI=1S/C18H14BrF/c1-12-10-11-13-6-2-3-7-14(13)17(12)18(19)15-8-4-5-9-16(15)20/h2-11,18H,1H3. The van der Waals surface area contributed by atoms with E-state index in [1.165, 1.54) is 11.5 Å². The fourth-order valence-corrected chi connectivity index (χ4v) is 3.56. The van der Waals surface area contributed by atoms with Crippen LogP contribution in [0.4, 0.5) is 4.39 Å². The fourth-order valence-electron chi connectivity index (χ4n) is 2.58. The summed E-state index contributed by atoms with van der Waals surface area (Å²) in [6.45, 7) is 2.07. The van der Waals surface area contributed by atoms with Gasteiger partial charge in [-0.1, -0.05) is 70.5 Å². The normalized spacial score (nSPS) is 12.6. The summed E-state index contributed by atoms with van der Waals surface area (Å²) < 4.78 is 14.0. The zero-order valence-electron chi connectivity index (χ0n) is 11.1. The fraction of sp³-hybridized carbons (Fsp3) is 0.111. The van der Waals surface area contributed by atoms with Gasteiger partial charge in [0.1, 0.15) is 5.82 Å². The maximum atomic E-state index is 14.0. The van der Waals surface area contributed by atoms with Crippen LogP contribution >= 0.6 is 15.9 Å². The lowest BCUT2D eigenvalue weighted by atomic mass is 9.94. The Bertz CT molecular complexity index is 764. The van der Waals surface area contributed by atoms with E-state index in [0.29, 0.717) is 5.56 Å². The second kappa shape index (κ2) is 5.37. The quantitative estimate of drug-likeness (QED) is 0.524. The summed E-state index contributed by atoms with van der Waals surface area (Å²) >= 11 is 3.68. The van der Waals surface area contributed by atoms with Crippen LogP contribution in [0.5, 0.6) is 0 Å². The van der Waals surface area contributed by atoms with Crippen LogP contribution in [-0.2, 0) is 0 Å². The molecular weight excluding hydrogens is 315 g/mol. The van der Waals surface area contributed by atoms with Gasteiger partial charge >= 0.3 is 0 Å². The molecule has 0 saturated heterocycles. The third-order valence-corrected chi connectivity index (χ3v) is 4.57. The van der Waals surface area contributed by atoms with Gasteiger partial charge < -0.3 is 0 Å². The summed E-state index contributed by atoms with van der Waals surface area (Å²) in [6, 6.07) is 19.3. The SMILES string of the molecule is Cc1ccc2ccccc2c1C(Br)c1ccccc1F. The molecule has 0 aliphatic carbocycles. The Morgan fingerprint density at radius 2 is 1.60 bits per heavy atom. The van der Waals surface area contributed by atoms with Crippen LogP contribution in [0.3, 0.4) is 0 Å². The molecule has 1 atom stereocenters. The van der Waals surface area contributed by atoms with Crippen molar-refractivity contribution in [1.29, 1.82) is 0 Å². The van der Waals surface area contributed by atoms with E-state index in [-0.39, 0.29) is 10.6 Å². The monoisotopic (exact) mass is 328 g/mol. The van der Waals surface area contributed by atoms with Crippen molar-refractivity contribution < 1.29 is 4.39 Å². The maximum absolute atomic E-state index is 14.0. The smallest absolute Gasteiger partial charge is 0.127 e. The van der Waals surface area contributed by atoms with E-state index in [0.717, 1.165) is 16.5 Å². The molecule has 0 aliphatic rings. The van der Waals surface area contributed by atoms with E-state index in [9.17, 15) is 4.39 Å². The molecular formula is C18H14BrF. The first-order chi connectivity index (χ1) is 9.68. The molecule has 3 rings (SSSR count). The Morgan fingerprint density at radius 3 is 2.40 bits per heavy atom. The van der Waals surface area contributed by atoms with E-state index in [2.05, 4.69) is 47.1 Å². The van der Waals surface area contributed by atoms with Crippen LogP contribution < -0.4 is 0 Å². The number of fused-ring (bicyclic) bond motifs is 1. The molecule has 0 aromatic heterocycles. The molecule has 20 heavy (non-hydrogen) atoms. The molecule has 0 fully saturated rings. The highest BCUT2D eigenvalue weighted by Crippen LogP contribution is 2.38.